The average molecular weight is 442 g/mol. The normalized spacial score (nSPS) is 12.5. The third kappa shape index (κ3) is 5.79. The Hall–Kier alpha value is -1.91. The summed E-state index contributed by atoms with van der Waals surface area (Å²) in [7, 11) is 1.57. The number of carbonyl (C=O) groups excluding carboxylic acids is 1. The molecule has 0 aliphatic rings. The van der Waals surface area contributed by atoms with Gasteiger partial charge >= 0.3 is 5.97 Å². The lowest BCUT2D eigenvalue weighted by molar-refractivity contribution is -0.140. The molecule has 0 aliphatic heterocycles. The van der Waals surface area contributed by atoms with E-state index < -0.39 is 17.9 Å². The number of carbonyl (C=O) groups is 2. The van der Waals surface area contributed by atoms with Crippen LogP contribution in [0.3, 0.4) is 0 Å². The van der Waals surface area contributed by atoms with Crippen molar-refractivity contribution in [2.75, 3.05) is 18.2 Å². The highest BCUT2D eigenvalue weighted by molar-refractivity contribution is 8.23. The van der Waals surface area contributed by atoms with Crippen molar-refractivity contribution < 1.29 is 19.4 Å². The van der Waals surface area contributed by atoms with Crippen LogP contribution in [0, 0.1) is 0 Å². The topological polar surface area (TPSA) is 101 Å². The minimum atomic E-state index is -1.11. The monoisotopic (exact) mass is 441 g/mol. The van der Waals surface area contributed by atoms with E-state index in [1.165, 1.54) is 6.92 Å². The Morgan fingerprint density at radius 3 is 2.61 bits per heavy atom. The Bertz CT molecular complexity index is 905. The predicted octanol–water partition coefficient (Wildman–Crippen LogP) is 3.62. The maximum Gasteiger partial charge on any atom is 0.327 e. The van der Waals surface area contributed by atoms with Crippen molar-refractivity contribution in [2.24, 2.45) is 0 Å². The fourth-order valence-corrected chi connectivity index (χ4v) is 4.35. The van der Waals surface area contributed by atoms with Gasteiger partial charge in [-0.05, 0) is 6.07 Å². The Kier molecular flexibility index (Phi) is 7.24. The molecule has 1 aromatic carbocycles. The van der Waals surface area contributed by atoms with Gasteiger partial charge in [0, 0.05) is 24.2 Å². The van der Waals surface area contributed by atoms with Crippen LogP contribution in [0.25, 0.3) is 10.2 Å². The number of thioether (sulfide) groups is 1. The number of aliphatic carboxylic acids is 1. The number of methoxy groups -OCH3 is 1. The minimum Gasteiger partial charge on any atom is -0.494 e. The van der Waals surface area contributed by atoms with E-state index in [0.29, 0.717) is 15.8 Å². The van der Waals surface area contributed by atoms with Crippen molar-refractivity contribution >= 4 is 67.4 Å². The van der Waals surface area contributed by atoms with E-state index in [2.05, 4.69) is 36.4 Å². The van der Waals surface area contributed by atoms with Crippen molar-refractivity contribution in [2.45, 2.75) is 39.2 Å². The van der Waals surface area contributed by atoms with Crippen molar-refractivity contribution in [3.8, 4) is 5.75 Å². The first kappa shape index (κ1) is 22.4. The first-order valence-electron chi connectivity index (χ1n) is 8.44. The molecule has 0 bridgehead atoms. The maximum absolute atomic E-state index is 11.2. The molecular formula is C18H23N3O4S3. The molecule has 0 fully saturated rings. The van der Waals surface area contributed by atoms with Crippen molar-refractivity contribution in [3.05, 3.63) is 17.1 Å². The van der Waals surface area contributed by atoms with Gasteiger partial charge in [-0.15, -0.1) is 11.3 Å². The number of aromatic nitrogens is 1. The van der Waals surface area contributed by atoms with Crippen LogP contribution in [0.1, 0.15) is 32.7 Å². The zero-order valence-corrected chi connectivity index (χ0v) is 18.7. The summed E-state index contributed by atoms with van der Waals surface area (Å²) >= 11 is 8.08. The van der Waals surface area contributed by atoms with Crippen LogP contribution in [-0.4, -0.2) is 45.2 Å². The fourth-order valence-electron chi connectivity index (χ4n) is 2.27. The maximum atomic E-state index is 11.2. The lowest BCUT2D eigenvalue weighted by Gasteiger charge is -2.15. The predicted molar refractivity (Wildman–Crippen MR) is 119 cm³/mol. The summed E-state index contributed by atoms with van der Waals surface area (Å²) < 4.78 is 6.83. The summed E-state index contributed by atoms with van der Waals surface area (Å²) in [5, 5.41) is 15.7. The van der Waals surface area contributed by atoms with Crippen LogP contribution in [0.5, 0.6) is 5.75 Å². The van der Waals surface area contributed by atoms with E-state index in [9.17, 15) is 14.7 Å². The number of carboxylic acid groups (broad SMARTS) is 1. The highest BCUT2D eigenvalue weighted by Gasteiger charge is 2.21. The van der Waals surface area contributed by atoms with E-state index in [0.717, 1.165) is 27.0 Å². The molecule has 2 aromatic rings. The molecular weight excluding hydrogens is 418 g/mol. The molecule has 28 heavy (non-hydrogen) atoms. The highest BCUT2D eigenvalue weighted by Crippen LogP contribution is 2.37. The summed E-state index contributed by atoms with van der Waals surface area (Å²) in [5.74, 6) is -0.805. The van der Waals surface area contributed by atoms with Gasteiger partial charge in [-0.25, -0.2) is 9.78 Å². The molecule has 152 valence electrons. The molecule has 1 amide bonds. The second kappa shape index (κ2) is 9.06. The van der Waals surface area contributed by atoms with Crippen molar-refractivity contribution in [3.63, 3.8) is 0 Å². The second-order valence-electron chi connectivity index (χ2n) is 7.10. The quantitative estimate of drug-likeness (QED) is 0.585. The van der Waals surface area contributed by atoms with Gasteiger partial charge in [0.25, 0.3) is 0 Å². The summed E-state index contributed by atoms with van der Waals surface area (Å²) in [6.07, 6.45) is 0. The smallest absolute Gasteiger partial charge is 0.327 e. The van der Waals surface area contributed by atoms with Gasteiger partial charge in [-0.2, -0.15) is 0 Å². The molecule has 0 spiro atoms. The van der Waals surface area contributed by atoms with Crippen molar-refractivity contribution in [1.29, 1.82) is 0 Å². The van der Waals surface area contributed by atoms with Gasteiger partial charge < -0.3 is 20.5 Å². The number of fused-ring (bicyclic) bond motifs is 1. The third-order valence-corrected chi connectivity index (χ3v) is 6.41. The number of nitrogens with one attached hydrogen (secondary N) is 2. The number of hydrogen-bond donors (Lipinski definition) is 3. The van der Waals surface area contributed by atoms with Crippen molar-refractivity contribution in [1.82, 2.24) is 10.3 Å². The molecule has 1 aromatic heterocycles. The molecule has 0 saturated heterocycles. The third-order valence-electron chi connectivity index (χ3n) is 3.64. The number of thiocarbonyl (C=S) groups is 1. The van der Waals surface area contributed by atoms with E-state index >= 15 is 0 Å². The van der Waals surface area contributed by atoms with Gasteiger partial charge in [-0.3, -0.25) is 4.79 Å². The van der Waals surface area contributed by atoms with Crippen LogP contribution in [0.4, 0.5) is 5.69 Å². The van der Waals surface area contributed by atoms with E-state index in [1.807, 2.05) is 12.1 Å². The molecule has 7 nitrogen and oxygen atoms in total. The molecule has 0 unspecified atom stereocenters. The largest absolute Gasteiger partial charge is 0.494 e. The standard InChI is InChI=1S/C18H23N3O4S3/c1-9(22)19-12(15(23)24)8-27-17(26)21-10-7-14-11(6-13(10)25-5)20-16(28-14)18(2,3)4/h6-7,12H,8H2,1-5H3,(H,19,22)(H,21,26)(H,23,24)/t12-/m0/s1. The molecule has 10 heteroatoms. The molecule has 3 N–H and O–H groups in total. The number of amides is 1. The first-order valence-corrected chi connectivity index (χ1v) is 10.6. The lowest BCUT2D eigenvalue weighted by atomic mass is 9.98. The number of benzene rings is 1. The van der Waals surface area contributed by atoms with E-state index in [-0.39, 0.29) is 11.2 Å². The zero-order valence-electron chi connectivity index (χ0n) is 16.3. The van der Waals surface area contributed by atoms with Gasteiger partial charge in [0.1, 0.15) is 16.1 Å². The van der Waals surface area contributed by atoms with Gasteiger partial charge in [0.05, 0.1) is 28.0 Å². The van der Waals surface area contributed by atoms with Gasteiger partial charge in [-0.1, -0.05) is 44.8 Å². The molecule has 0 radical (unpaired) electrons. The Morgan fingerprint density at radius 2 is 2.07 bits per heavy atom. The Balaban J connectivity index is 2.16. The van der Waals surface area contributed by atoms with Gasteiger partial charge in [0.15, 0.2) is 0 Å². The molecule has 1 atom stereocenters. The number of thiazole rings is 1. The van der Waals surface area contributed by atoms with Crippen LogP contribution in [0.2, 0.25) is 0 Å². The summed E-state index contributed by atoms with van der Waals surface area (Å²) in [6, 6.07) is 2.77. The Labute approximate surface area is 177 Å². The van der Waals surface area contributed by atoms with Crippen LogP contribution < -0.4 is 15.4 Å². The average Bonchev–Trinajstić information content (AvgIpc) is 3.00. The van der Waals surface area contributed by atoms with E-state index in [4.69, 9.17) is 17.0 Å². The summed E-state index contributed by atoms with van der Waals surface area (Å²) in [4.78, 5) is 27.0. The van der Waals surface area contributed by atoms with Crippen LogP contribution >= 0.6 is 35.3 Å². The van der Waals surface area contributed by atoms with Gasteiger partial charge in [0.2, 0.25) is 5.91 Å². The SMILES string of the molecule is COc1cc2nc(C(C)(C)C)sc2cc1NC(=S)SC[C@H](NC(C)=O)C(=O)O. The second-order valence-corrected chi connectivity index (χ2v) is 9.83. The van der Waals surface area contributed by atoms with Crippen LogP contribution in [0.15, 0.2) is 12.1 Å². The number of ether oxygens (including phenoxy) is 1. The molecule has 1 heterocycles. The number of carboxylic acids is 1. The summed E-state index contributed by atoms with van der Waals surface area (Å²) in [5.41, 5.74) is 1.49. The Morgan fingerprint density at radius 1 is 1.39 bits per heavy atom. The minimum absolute atomic E-state index is 0.0504. The molecule has 0 aliphatic carbocycles. The fraction of sp³-hybridized carbons (Fsp3) is 0.444. The number of rotatable bonds is 6. The molecule has 2 rings (SSSR count). The number of nitrogens with zero attached hydrogens (tertiary/aromatic N) is 1. The van der Waals surface area contributed by atoms with Crippen LogP contribution in [-0.2, 0) is 15.0 Å². The summed E-state index contributed by atoms with van der Waals surface area (Å²) in [6.45, 7) is 7.61. The lowest BCUT2D eigenvalue weighted by Crippen LogP contribution is -2.41. The molecule has 0 saturated carbocycles. The number of hydrogen-bond acceptors (Lipinski definition) is 7. The first-order chi connectivity index (χ1) is 13.0. The van der Waals surface area contributed by atoms with E-state index in [1.54, 1.807) is 18.4 Å². The highest BCUT2D eigenvalue weighted by atomic mass is 32.2. The number of anilines is 1. The zero-order chi connectivity index (χ0) is 21.1.